The first-order chi connectivity index (χ1) is 17.4. The Kier molecular flexibility index (Phi) is 11.6. The summed E-state index contributed by atoms with van der Waals surface area (Å²) in [6.45, 7) is 3.88. The molecule has 2 aliphatic heterocycles. The number of nitrogens with one attached hydrogen (secondary N) is 1. The van der Waals surface area contributed by atoms with Crippen molar-refractivity contribution in [3.63, 3.8) is 0 Å². The van der Waals surface area contributed by atoms with Gasteiger partial charge in [0.05, 0.1) is 45.1 Å². The third kappa shape index (κ3) is 8.41. The van der Waals surface area contributed by atoms with Crippen LogP contribution in [0.5, 0.6) is 0 Å². The molecule has 1 aromatic carbocycles. The second kappa shape index (κ2) is 13.7. The molecule has 0 aromatic heterocycles. The van der Waals surface area contributed by atoms with Crippen molar-refractivity contribution in [3.8, 4) is 0 Å². The molecule has 38 heavy (non-hydrogen) atoms. The smallest absolute Gasteiger partial charge is 0.205 e. The highest BCUT2D eigenvalue weighted by atomic mass is 16.5. The lowest BCUT2D eigenvalue weighted by Crippen LogP contribution is -2.55. The molecule has 0 spiro atoms. The van der Waals surface area contributed by atoms with Crippen LogP contribution < -0.4 is 22.5 Å². The molecule has 2 atom stereocenters. The highest BCUT2D eigenvalue weighted by Crippen LogP contribution is 2.41. The van der Waals surface area contributed by atoms with Gasteiger partial charge in [-0.05, 0) is 61.7 Å². The number of hydrogen-bond acceptors (Lipinski definition) is 6. The zero-order valence-electron chi connectivity index (χ0n) is 21.4. The molecule has 1 aromatic rings. The fraction of sp³-hybridized carbons (Fsp3) is 0.577. The van der Waals surface area contributed by atoms with Crippen LogP contribution in [0.3, 0.4) is 0 Å². The lowest BCUT2D eigenvalue weighted by Gasteiger charge is -2.45. The molecule has 10 radical (unpaired) electrons. The number of allylic oxidation sites excluding steroid dienone is 2. The van der Waals surface area contributed by atoms with Crippen LogP contribution in [0.25, 0.3) is 5.70 Å². The average Bonchev–Trinajstić information content (AvgIpc) is 3.46. The molecule has 7 nitrogen and oxygen atoms in total. The molecular formula is C26H38B5N5O2. The van der Waals surface area contributed by atoms with Crippen molar-refractivity contribution in [3.05, 3.63) is 47.8 Å². The van der Waals surface area contributed by atoms with E-state index in [2.05, 4.69) is 10.2 Å². The first-order valence-electron chi connectivity index (χ1n) is 12.8. The number of fused-ring (bicyclic) bond motifs is 1. The van der Waals surface area contributed by atoms with Gasteiger partial charge in [-0.3, -0.25) is 4.79 Å². The highest BCUT2D eigenvalue weighted by Gasteiger charge is 2.43. The third-order valence-corrected chi connectivity index (χ3v) is 7.48. The van der Waals surface area contributed by atoms with Gasteiger partial charge in [-0.1, -0.05) is 42.5 Å². The fourth-order valence-electron chi connectivity index (χ4n) is 5.32. The van der Waals surface area contributed by atoms with Crippen LogP contribution in [0.1, 0.15) is 45.1 Å². The minimum Gasteiger partial charge on any atom is -0.398 e. The molecule has 2 heterocycles. The Labute approximate surface area is 235 Å². The number of carbonyl (C=O) groups excluding carboxylic acids is 1. The minimum atomic E-state index is -1.98. The Morgan fingerprint density at radius 3 is 2.08 bits per heavy atom. The Hall–Kier alpha value is -2.19. The van der Waals surface area contributed by atoms with E-state index < -0.39 is 16.4 Å². The first-order valence-corrected chi connectivity index (χ1v) is 12.8. The van der Waals surface area contributed by atoms with E-state index in [0.717, 1.165) is 51.0 Å². The Bertz CT molecular complexity index is 976. The predicted molar refractivity (Wildman–Crippen MR) is 161 cm³/mol. The molecule has 1 amide bonds. The summed E-state index contributed by atoms with van der Waals surface area (Å²) in [5, 5.41) is -0.0810. The maximum absolute atomic E-state index is 11.7. The number of benzene rings is 1. The summed E-state index contributed by atoms with van der Waals surface area (Å²) in [5.74, 6) is 1.49. The Morgan fingerprint density at radius 1 is 0.947 bits per heavy atom. The van der Waals surface area contributed by atoms with Gasteiger partial charge in [-0.2, -0.15) is 0 Å². The van der Waals surface area contributed by atoms with Crippen LogP contribution in [0.15, 0.2) is 42.2 Å². The lowest BCUT2D eigenvalue weighted by atomic mass is 9.42. The number of para-hydroxylation sites is 1. The van der Waals surface area contributed by atoms with Crippen LogP contribution >= 0.6 is 0 Å². The largest absolute Gasteiger partial charge is 0.398 e. The second-order valence-corrected chi connectivity index (χ2v) is 10.4. The highest BCUT2D eigenvalue weighted by molar-refractivity contribution is 6.69. The van der Waals surface area contributed by atoms with Crippen molar-refractivity contribution in [2.45, 2.75) is 50.0 Å². The monoisotopic (exact) mass is 507 g/mol. The number of nitrogens with two attached hydrogens (primary N) is 3. The van der Waals surface area contributed by atoms with E-state index in [1.54, 1.807) is 24.3 Å². The molecule has 3 fully saturated rings. The standard InChI is InChI=1S/C13H21B2NO.C12H13B3N4O.CH4/c14-13(15,12-4-6-17-7-5-12)16-8-10-2-1-3-11(10)9-16;13-12(14,15)11(20)19-9-4-2-1-3-7(9)8(16)5-6-10(17)18;/h10-12H,1-9H2;1-6H,16-18H2,(H,19,20);1H4/b;8-5-;. The average molecular weight is 507 g/mol. The number of amides is 1. The number of rotatable bonds is 6. The second-order valence-electron chi connectivity index (χ2n) is 10.4. The summed E-state index contributed by atoms with van der Waals surface area (Å²) >= 11 is 0. The predicted octanol–water partition coefficient (Wildman–Crippen LogP) is 1.03. The number of nitrogens with zero attached hydrogens (tertiary/aromatic N) is 1. The van der Waals surface area contributed by atoms with E-state index >= 15 is 0 Å². The van der Waals surface area contributed by atoms with E-state index in [1.165, 1.54) is 31.4 Å². The summed E-state index contributed by atoms with van der Waals surface area (Å²) in [6.07, 6.45) is 9.14. The Morgan fingerprint density at radius 2 is 1.53 bits per heavy atom. The van der Waals surface area contributed by atoms with Crippen LogP contribution in [-0.2, 0) is 9.53 Å². The molecule has 4 rings (SSSR count). The molecule has 7 N–H and O–H groups in total. The maximum atomic E-state index is 11.7. The van der Waals surface area contributed by atoms with Crippen LogP contribution in [-0.4, -0.2) is 81.7 Å². The van der Waals surface area contributed by atoms with Gasteiger partial charge >= 0.3 is 0 Å². The maximum Gasteiger partial charge on any atom is 0.205 e. The number of ether oxygens (including phenoxy) is 1. The zero-order valence-corrected chi connectivity index (χ0v) is 21.4. The van der Waals surface area contributed by atoms with Gasteiger partial charge in [0.25, 0.3) is 0 Å². The van der Waals surface area contributed by atoms with Gasteiger partial charge in [0.15, 0.2) is 0 Å². The third-order valence-electron chi connectivity index (χ3n) is 7.48. The number of hydrogen-bond donors (Lipinski definition) is 4. The first kappa shape index (κ1) is 32.0. The summed E-state index contributed by atoms with van der Waals surface area (Å²) in [4.78, 5) is 14.0. The van der Waals surface area contributed by atoms with Crippen molar-refractivity contribution in [1.82, 2.24) is 4.90 Å². The van der Waals surface area contributed by atoms with E-state index in [0.29, 0.717) is 22.9 Å². The fourth-order valence-corrected chi connectivity index (χ4v) is 5.32. The molecule has 0 bridgehead atoms. The molecule has 1 aliphatic carbocycles. The summed E-state index contributed by atoms with van der Waals surface area (Å²) in [6, 6.07) is 6.80. The number of carbonyl (C=O) groups is 1. The van der Waals surface area contributed by atoms with Crippen LogP contribution in [0.4, 0.5) is 5.69 Å². The van der Waals surface area contributed by atoms with Crippen molar-refractivity contribution in [2.24, 2.45) is 35.0 Å². The molecule has 3 aliphatic rings. The molecular weight excluding hydrogens is 468 g/mol. The summed E-state index contributed by atoms with van der Waals surface area (Å²) in [5.41, 5.74) is 17.8. The van der Waals surface area contributed by atoms with Gasteiger partial charge in [0.2, 0.25) is 5.91 Å². The SMILES string of the molecule is C.[B]C([B])(C1CCOCC1)N1CC2CCCC2C1.[B]C([B])([B])C(=O)Nc1ccccc1/C(N)=C/C=C(N)N. The van der Waals surface area contributed by atoms with Crippen LogP contribution in [0.2, 0.25) is 5.11 Å². The van der Waals surface area contributed by atoms with Gasteiger partial charge < -0.3 is 32.2 Å². The topological polar surface area (TPSA) is 120 Å². The molecule has 2 saturated heterocycles. The van der Waals surface area contributed by atoms with Crippen LogP contribution in [0, 0.1) is 17.8 Å². The van der Waals surface area contributed by atoms with Crippen molar-refractivity contribution in [2.75, 3.05) is 31.6 Å². The van der Waals surface area contributed by atoms with Crippen molar-refractivity contribution >= 4 is 56.5 Å². The van der Waals surface area contributed by atoms with Crippen molar-refractivity contribution < 1.29 is 9.53 Å². The van der Waals surface area contributed by atoms with E-state index in [9.17, 15) is 4.79 Å². The molecule has 194 valence electrons. The lowest BCUT2D eigenvalue weighted by molar-refractivity contribution is -0.115. The number of likely N-dealkylation sites (tertiary alicyclic amines) is 1. The minimum absolute atomic E-state index is 0. The van der Waals surface area contributed by atoms with Gasteiger partial charge in [0, 0.05) is 43.3 Å². The normalized spacial score (nSPS) is 22.4. The quantitative estimate of drug-likeness (QED) is 0.338. The molecule has 1 saturated carbocycles. The van der Waals surface area contributed by atoms with E-state index in [1.807, 2.05) is 0 Å². The zero-order chi connectivity index (χ0) is 27.2. The number of anilines is 1. The Balaban J connectivity index is 0.000000262. The van der Waals surface area contributed by atoms with Gasteiger partial charge in [0.1, 0.15) is 0 Å². The summed E-state index contributed by atoms with van der Waals surface area (Å²) in [7, 11) is 28.8. The summed E-state index contributed by atoms with van der Waals surface area (Å²) < 4.78 is 5.40. The van der Waals surface area contributed by atoms with E-state index in [4.69, 9.17) is 61.2 Å². The van der Waals surface area contributed by atoms with E-state index in [-0.39, 0.29) is 13.2 Å². The molecule has 12 heteroatoms. The van der Waals surface area contributed by atoms with Gasteiger partial charge in [-0.25, -0.2) is 0 Å². The molecule has 2 unspecified atom stereocenters. The van der Waals surface area contributed by atoms with Crippen molar-refractivity contribution in [1.29, 1.82) is 0 Å². The van der Waals surface area contributed by atoms with Gasteiger partial charge in [-0.15, -0.1) is 0 Å².